The second-order valence-electron chi connectivity index (χ2n) is 6.32. The summed E-state index contributed by atoms with van der Waals surface area (Å²) in [6, 6.07) is 10.5. The fraction of sp³-hybridized carbons (Fsp3) is 0.0500. The van der Waals surface area contributed by atoms with E-state index in [0.717, 1.165) is 0 Å². The number of rotatable bonds is 5. The molecule has 0 aliphatic heterocycles. The molecule has 1 N–H and O–H groups in total. The van der Waals surface area contributed by atoms with Gasteiger partial charge in [-0.25, -0.2) is 4.39 Å². The minimum absolute atomic E-state index is 0.0744. The van der Waals surface area contributed by atoms with Crippen molar-refractivity contribution in [3.63, 3.8) is 0 Å². The Morgan fingerprint density at radius 3 is 2.70 bits per heavy atom. The molecule has 0 spiro atoms. The lowest BCUT2D eigenvalue weighted by Gasteiger charge is -2.04. The Bertz CT molecular complexity index is 1240. The van der Waals surface area contributed by atoms with Gasteiger partial charge >= 0.3 is 0 Å². The van der Waals surface area contributed by atoms with E-state index in [-0.39, 0.29) is 5.69 Å². The lowest BCUT2D eigenvalue weighted by atomic mass is 10.1. The Balaban J connectivity index is 1.45. The Hall–Kier alpha value is -2.87. The molecule has 0 saturated heterocycles. The highest BCUT2D eigenvalue weighted by atomic mass is 35.5. The van der Waals surface area contributed by atoms with Crippen molar-refractivity contribution in [1.82, 2.24) is 14.9 Å². The number of amides is 1. The average molecular weight is 466 g/mol. The van der Waals surface area contributed by atoms with Crippen molar-refractivity contribution in [2.24, 2.45) is 0 Å². The predicted molar refractivity (Wildman–Crippen MR) is 113 cm³/mol. The normalized spacial score (nSPS) is 10.9. The number of hydrogen-bond acceptors (Lipinski definition) is 4. The minimum Gasteiger partial charge on any atom is -0.355 e. The van der Waals surface area contributed by atoms with Crippen LogP contribution in [0.2, 0.25) is 15.1 Å². The fourth-order valence-electron chi connectivity index (χ4n) is 2.73. The van der Waals surface area contributed by atoms with Crippen molar-refractivity contribution in [3.05, 3.63) is 87.0 Å². The van der Waals surface area contributed by atoms with Gasteiger partial charge in [0.15, 0.2) is 11.5 Å². The van der Waals surface area contributed by atoms with E-state index in [1.807, 2.05) is 0 Å². The average Bonchev–Trinajstić information content (AvgIpc) is 3.34. The molecule has 0 unspecified atom stereocenters. The monoisotopic (exact) mass is 464 g/mol. The highest BCUT2D eigenvalue weighted by molar-refractivity contribution is 6.36. The minimum atomic E-state index is -0.477. The zero-order valence-electron chi connectivity index (χ0n) is 15.1. The molecule has 0 fully saturated rings. The molecule has 2 aromatic carbocycles. The Labute approximate surface area is 185 Å². The highest BCUT2D eigenvalue weighted by Crippen LogP contribution is 2.30. The van der Waals surface area contributed by atoms with E-state index in [0.29, 0.717) is 44.2 Å². The molecule has 0 aliphatic rings. The molecule has 2 heterocycles. The second-order valence-corrected chi connectivity index (χ2v) is 7.57. The van der Waals surface area contributed by atoms with E-state index in [1.165, 1.54) is 24.4 Å². The predicted octanol–water partition coefficient (Wildman–Crippen LogP) is 5.94. The van der Waals surface area contributed by atoms with E-state index < -0.39 is 11.7 Å². The van der Waals surface area contributed by atoms with Crippen molar-refractivity contribution in [2.45, 2.75) is 6.54 Å². The molecule has 10 heteroatoms. The lowest BCUT2D eigenvalue weighted by molar-refractivity contribution is 0.101. The van der Waals surface area contributed by atoms with Gasteiger partial charge in [-0.3, -0.25) is 9.48 Å². The summed E-state index contributed by atoms with van der Waals surface area (Å²) in [6.07, 6.45) is 3.10. The van der Waals surface area contributed by atoms with Crippen molar-refractivity contribution in [3.8, 4) is 11.3 Å². The van der Waals surface area contributed by atoms with Crippen LogP contribution in [0, 0.1) is 5.82 Å². The smallest absolute Gasteiger partial charge is 0.277 e. The van der Waals surface area contributed by atoms with Gasteiger partial charge in [0.05, 0.1) is 23.5 Å². The van der Waals surface area contributed by atoms with Gasteiger partial charge < -0.3 is 9.84 Å². The number of halogens is 4. The van der Waals surface area contributed by atoms with Crippen LogP contribution in [0.1, 0.15) is 16.1 Å². The van der Waals surface area contributed by atoms with Crippen molar-refractivity contribution in [2.75, 3.05) is 5.32 Å². The van der Waals surface area contributed by atoms with Gasteiger partial charge in [0, 0.05) is 27.9 Å². The third kappa shape index (κ3) is 4.48. The van der Waals surface area contributed by atoms with E-state index in [1.54, 1.807) is 35.1 Å². The Kier molecular flexibility index (Phi) is 5.76. The molecule has 0 aliphatic carbocycles. The first-order valence-electron chi connectivity index (χ1n) is 8.59. The van der Waals surface area contributed by atoms with Crippen LogP contribution in [-0.4, -0.2) is 20.8 Å². The molecule has 1 amide bonds. The molecule has 0 radical (unpaired) electrons. The van der Waals surface area contributed by atoms with Crippen molar-refractivity contribution in [1.29, 1.82) is 0 Å². The molecule has 0 bridgehead atoms. The quantitative estimate of drug-likeness (QED) is 0.396. The summed E-state index contributed by atoms with van der Waals surface area (Å²) in [5.74, 6) is -0.554. The third-order valence-electron chi connectivity index (χ3n) is 4.18. The van der Waals surface area contributed by atoms with Crippen LogP contribution >= 0.6 is 34.8 Å². The molecule has 30 heavy (non-hydrogen) atoms. The summed E-state index contributed by atoms with van der Waals surface area (Å²) >= 11 is 18.1. The number of nitrogens with zero attached hydrogens (tertiary/aromatic N) is 3. The van der Waals surface area contributed by atoms with Gasteiger partial charge in [0.25, 0.3) is 5.91 Å². The number of nitrogens with one attached hydrogen (secondary N) is 1. The van der Waals surface area contributed by atoms with Gasteiger partial charge in [0.1, 0.15) is 5.82 Å². The number of anilines is 1. The summed E-state index contributed by atoms with van der Waals surface area (Å²) in [5, 5.41) is 11.8. The van der Waals surface area contributed by atoms with Gasteiger partial charge in [0.2, 0.25) is 0 Å². The Morgan fingerprint density at radius 2 is 1.93 bits per heavy atom. The maximum absolute atomic E-state index is 13.2. The number of carbonyl (C=O) groups excluding carboxylic acids is 1. The zero-order valence-corrected chi connectivity index (χ0v) is 17.3. The van der Waals surface area contributed by atoms with Crippen LogP contribution in [0.4, 0.5) is 10.1 Å². The molecular weight excluding hydrogens is 454 g/mol. The molecule has 152 valence electrons. The number of benzene rings is 2. The van der Waals surface area contributed by atoms with Gasteiger partial charge in [-0.2, -0.15) is 5.10 Å². The first-order chi connectivity index (χ1) is 14.4. The van der Waals surface area contributed by atoms with Crippen LogP contribution in [-0.2, 0) is 6.54 Å². The SMILES string of the molecule is O=C(Nc1cnn(Cc2ccc(F)cc2Cl)c1)c1cc(-c2ccc(Cl)cc2Cl)on1. The van der Waals surface area contributed by atoms with E-state index >= 15 is 0 Å². The van der Waals surface area contributed by atoms with Gasteiger partial charge in [-0.05, 0) is 35.9 Å². The summed E-state index contributed by atoms with van der Waals surface area (Å²) in [4.78, 5) is 12.5. The van der Waals surface area contributed by atoms with Crippen LogP contribution < -0.4 is 5.32 Å². The largest absolute Gasteiger partial charge is 0.355 e. The zero-order chi connectivity index (χ0) is 21.3. The number of hydrogen-bond donors (Lipinski definition) is 1. The van der Waals surface area contributed by atoms with E-state index in [9.17, 15) is 9.18 Å². The summed E-state index contributed by atoms with van der Waals surface area (Å²) in [6.45, 7) is 0.318. The fourth-order valence-corrected chi connectivity index (χ4v) is 3.46. The topological polar surface area (TPSA) is 73.0 Å². The molecule has 4 rings (SSSR count). The Morgan fingerprint density at radius 1 is 1.10 bits per heavy atom. The molecule has 4 aromatic rings. The molecular formula is C20H12Cl3FN4O2. The van der Waals surface area contributed by atoms with Crippen molar-refractivity contribution >= 4 is 46.4 Å². The molecule has 0 atom stereocenters. The first-order valence-corrected chi connectivity index (χ1v) is 9.72. The van der Waals surface area contributed by atoms with Gasteiger partial charge in [-0.15, -0.1) is 0 Å². The number of carbonyl (C=O) groups is 1. The van der Waals surface area contributed by atoms with E-state index in [4.69, 9.17) is 39.3 Å². The van der Waals surface area contributed by atoms with Crippen LogP contribution in [0.5, 0.6) is 0 Å². The summed E-state index contributed by atoms with van der Waals surface area (Å²) in [7, 11) is 0. The standard InChI is InChI=1S/C20H12Cl3FN4O2/c21-12-2-4-15(17(23)5-12)19-7-18(27-30-19)20(29)26-14-8-25-28(10-14)9-11-1-3-13(24)6-16(11)22/h1-8,10H,9H2,(H,26,29). The lowest BCUT2D eigenvalue weighted by Crippen LogP contribution is -2.11. The third-order valence-corrected chi connectivity index (χ3v) is 5.08. The van der Waals surface area contributed by atoms with Crippen LogP contribution in [0.3, 0.4) is 0 Å². The van der Waals surface area contributed by atoms with Crippen LogP contribution in [0.25, 0.3) is 11.3 Å². The van der Waals surface area contributed by atoms with Gasteiger partial charge in [-0.1, -0.05) is 46.0 Å². The first kappa shape index (κ1) is 20.4. The molecule has 6 nitrogen and oxygen atoms in total. The molecule has 2 aromatic heterocycles. The van der Waals surface area contributed by atoms with E-state index in [2.05, 4.69) is 15.6 Å². The van der Waals surface area contributed by atoms with Crippen LogP contribution in [0.15, 0.2) is 59.4 Å². The summed E-state index contributed by atoms with van der Waals surface area (Å²) < 4.78 is 20.0. The summed E-state index contributed by atoms with van der Waals surface area (Å²) in [5.41, 5.74) is 1.79. The van der Waals surface area contributed by atoms with Crippen molar-refractivity contribution < 1.29 is 13.7 Å². The second kappa shape index (κ2) is 8.47. The maximum Gasteiger partial charge on any atom is 0.277 e. The highest BCUT2D eigenvalue weighted by Gasteiger charge is 2.16. The number of aromatic nitrogens is 3. The molecule has 0 saturated carbocycles. The maximum atomic E-state index is 13.2.